The fourth-order valence-corrected chi connectivity index (χ4v) is 6.22. The van der Waals surface area contributed by atoms with E-state index in [9.17, 15) is 0 Å². The first-order valence-corrected chi connectivity index (χ1v) is 11.6. The molecule has 0 saturated heterocycles. The summed E-state index contributed by atoms with van der Waals surface area (Å²) in [4.78, 5) is 7.31. The molecule has 1 saturated carbocycles. The second kappa shape index (κ2) is 6.78. The molecule has 3 heteroatoms. The summed E-state index contributed by atoms with van der Waals surface area (Å²) in [6, 6.07) is 13.6. The van der Waals surface area contributed by atoms with Crippen molar-refractivity contribution >= 4 is 33.1 Å². The molecule has 0 atom stereocenters. The summed E-state index contributed by atoms with van der Waals surface area (Å²) in [7, 11) is 4.38. The number of rotatable bonds is 2. The van der Waals surface area contributed by atoms with Crippen LogP contribution in [0.15, 0.2) is 42.7 Å². The highest BCUT2D eigenvalue weighted by atomic mass is 15.1. The van der Waals surface area contributed by atoms with Crippen LogP contribution in [0, 0.1) is 19.8 Å². The molecule has 156 valence electrons. The number of aryl methyl sites for hydroxylation is 3. The first-order chi connectivity index (χ1) is 15.0. The van der Waals surface area contributed by atoms with Gasteiger partial charge in [0.2, 0.25) is 0 Å². The predicted molar refractivity (Wildman–Crippen MR) is 129 cm³/mol. The molecular formula is C28H30N3+. The molecule has 0 amide bonds. The van der Waals surface area contributed by atoms with E-state index in [0.717, 1.165) is 11.4 Å². The highest BCUT2D eigenvalue weighted by Gasteiger charge is 2.33. The molecule has 6 rings (SSSR count). The molecule has 0 bridgehead atoms. The monoisotopic (exact) mass is 408 g/mol. The molecule has 3 aromatic carbocycles. The molecule has 0 unspecified atom stereocenters. The summed E-state index contributed by atoms with van der Waals surface area (Å²) >= 11 is 0. The van der Waals surface area contributed by atoms with Crippen LogP contribution in [0.25, 0.3) is 32.9 Å². The quantitative estimate of drug-likeness (QED) is 0.362. The van der Waals surface area contributed by atoms with Crippen LogP contribution in [0.5, 0.6) is 0 Å². The molecule has 2 aliphatic rings. The van der Waals surface area contributed by atoms with Crippen molar-refractivity contribution in [2.45, 2.75) is 46.0 Å². The summed E-state index contributed by atoms with van der Waals surface area (Å²) in [5, 5.41) is 3.98. The minimum atomic E-state index is 0.832. The molecule has 4 aromatic rings. The van der Waals surface area contributed by atoms with Crippen LogP contribution in [0.2, 0.25) is 0 Å². The molecule has 1 aromatic heterocycles. The standard InChI is InChI=1S/C28H30N3/c1-17-21-11-7-8-12-22(21)18(2)27-25(17)28-26-23(29-16-30(28)3)14-20(15-24(26)31(27)4)13-19-9-5-6-10-19/h7-8,11-12,14-16,19H,5-6,9-10,13H2,1-4H3/q+1. The number of nitrogens with zero attached hydrogens (tertiary/aromatic N) is 3. The molecule has 1 fully saturated rings. The average molecular weight is 409 g/mol. The Hall–Kier alpha value is -2.94. The number of hydrogen-bond acceptors (Lipinski definition) is 2. The molecule has 1 aliphatic carbocycles. The first kappa shape index (κ1) is 18.8. The lowest BCUT2D eigenvalue weighted by molar-refractivity contribution is -0.662. The van der Waals surface area contributed by atoms with Gasteiger partial charge in [-0.25, -0.2) is 4.57 Å². The zero-order chi connectivity index (χ0) is 21.3. The molecule has 3 nitrogen and oxygen atoms in total. The average Bonchev–Trinajstić information content (AvgIpc) is 3.28. The van der Waals surface area contributed by atoms with Crippen LogP contribution in [-0.2, 0) is 13.5 Å². The molecule has 0 spiro atoms. The van der Waals surface area contributed by atoms with Gasteiger partial charge in [-0.05, 0) is 70.8 Å². The number of hydrogen-bond donors (Lipinski definition) is 0. The van der Waals surface area contributed by atoms with E-state index >= 15 is 0 Å². The summed E-state index contributed by atoms with van der Waals surface area (Å²) in [5.41, 5.74) is 10.6. The van der Waals surface area contributed by atoms with Gasteiger partial charge in [-0.15, -0.1) is 0 Å². The normalized spacial score (nSPS) is 15.8. The third kappa shape index (κ3) is 2.65. The third-order valence-corrected chi connectivity index (χ3v) is 7.75. The molecule has 1 aliphatic heterocycles. The Morgan fingerprint density at radius 3 is 2.48 bits per heavy atom. The Morgan fingerprint density at radius 1 is 1.03 bits per heavy atom. The lowest BCUT2D eigenvalue weighted by Crippen LogP contribution is -2.34. The van der Waals surface area contributed by atoms with E-state index in [-0.39, 0.29) is 0 Å². The van der Waals surface area contributed by atoms with Gasteiger partial charge in [-0.1, -0.05) is 49.9 Å². The topological polar surface area (TPSA) is 20.0 Å². The van der Waals surface area contributed by atoms with Gasteiger partial charge in [-0.3, -0.25) is 0 Å². The largest absolute Gasteiger partial charge is 0.343 e. The van der Waals surface area contributed by atoms with Crippen LogP contribution in [0.3, 0.4) is 0 Å². The Balaban J connectivity index is 1.68. The molecule has 31 heavy (non-hydrogen) atoms. The minimum Gasteiger partial charge on any atom is -0.343 e. The lowest BCUT2D eigenvalue weighted by Gasteiger charge is -2.32. The maximum absolute atomic E-state index is 4.88. The maximum Gasteiger partial charge on any atom is 0.287 e. The summed E-state index contributed by atoms with van der Waals surface area (Å²) in [5.74, 6) is 0.832. The second-order valence-corrected chi connectivity index (χ2v) is 9.65. The van der Waals surface area contributed by atoms with E-state index in [2.05, 4.69) is 73.8 Å². The molecule has 0 radical (unpaired) electrons. The fourth-order valence-electron chi connectivity index (χ4n) is 6.22. The van der Waals surface area contributed by atoms with Gasteiger partial charge < -0.3 is 4.90 Å². The van der Waals surface area contributed by atoms with Crippen molar-refractivity contribution in [3.8, 4) is 11.3 Å². The lowest BCUT2D eigenvalue weighted by atomic mass is 9.86. The van der Waals surface area contributed by atoms with Crippen LogP contribution in [0.1, 0.15) is 42.4 Å². The number of anilines is 2. The van der Waals surface area contributed by atoms with Crippen molar-refractivity contribution in [2.75, 3.05) is 11.9 Å². The van der Waals surface area contributed by atoms with Crippen molar-refractivity contribution in [1.29, 1.82) is 0 Å². The fraction of sp³-hybridized carbons (Fsp3) is 0.357. The summed E-state index contributed by atoms with van der Waals surface area (Å²) in [6.07, 6.45) is 8.71. The Bertz CT molecular complexity index is 1360. The van der Waals surface area contributed by atoms with Crippen molar-refractivity contribution < 1.29 is 4.57 Å². The van der Waals surface area contributed by atoms with Gasteiger partial charge in [-0.2, -0.15) is 0 Å². The number of benzene rings is 3. The summed E-state index contributed by atoms with van der Waals surface area (Å²) < 4.78 is 2.22. The minimum absolute atomic E-state index is 0.832. The Labute approximate surface area is 184 Å². The van der Waals surface area contributed by atoms with E-state index in [0.29, 0.717) is 0 Å². The second-order valence-electron chi connectivity index (χ2n) is 9.65. The number of aromatic nitrogens is 2. The summed E-state index contributed by atoms with van der Waals surface area (Å²) in [6.45, 7) is 4.56. The first-order valence-electron chi connectivity index (χ1n) is 11.6. The van der Waals surface area contributed by atoms with Gasteiger partial charge in [0, 0.05) is 12.6 Å². The molecule has 0 N–H and O–H groups in total. The van der Waals surface area contributed by atoms with Crippen molar-refractivity contribution in [1.82, 2.24) is 4.98 Å². The van der Waals surface area contributed by atoms with Crippen molar-refractivity contribution in [3.05, 3.63) is 59.4 Å². The molecular weight excluding hydrogens is 378 g/mol. The highest BCUT2D eigenvalue weighted by molar-refractivity contribution is 6.13. The smallest absolute Gasteiger partial charge is 0.287 e. The Morgan fingerprint density at radius 2 is 1.74 bits per heavy atom. The van der Waals surface area contributed by atoms with E-state index in [1.807, 2.05) is 6.33 Å². The van der Waals surface area contributed by atoms with Gasteiger partial charge >= 0.3 is 0 Å². The Kier molecular flexibility index (Phi) is 4.11. The SMILES string of the molecule is Cc1c2c(c(C)c3ccccc13)N(C)c1cc(CC3CCCC3)cc3nc[n+](C)c-2c13. The van der Waals surface area contributed by atoms with Gasteiger partial charge in [0.15, 0.2) is 5.52 Å². The molecule has 2 heterocycles. The highest BCUT2D eigenvalue weighted by Crippen LogP contribution is 2.50. The van der Waals surface area contributed by atoms with Crippen LogP contribution in [0.4, 0.5) is 11.4 Å². The van der Waals surface area contributed by atoms with Gasteiger partial charge in [0.25, 0.3) is 6.33 Å². The zero-order valence-electron chi connectivity index (χ0n) is 19.0. The van der Waals surface area contributed by atoms with Crippen LogP contribution in [-0.4, -0.2) is 12.0 Å². The van der Waals surface area contributed by atoms with E-state index in [1.165, 1.54) is 87.6 Å². The predicted octanol–water partition coefficient (Wildman–Crippen LogP) is 6.31. The van der Waals surface area contributed by atoms with E-state index in [4.69, 9.17) is 4.98 Å². The van der Waals surface area contributed by atoms with Crippen molar-refractivity contribution in [2.24, 2.45) is 13.0 Å². The number of fused-ring (bicyclic) bond motifs is 3. The van der Waals surface area contributed by atoms with Crippen LogP contribution < -0.4 is 9.47 Å². The van der Waals surface area contributed by atoms with E-state index < -0.39 is 0 Å². The third-order valence-electron chi connectivity index (χ3n) is 7.75. The van der Waals surface area contributed by atoms with Gasteiger partial charge in [0.1, 0.15) is 5.69 Å². The zero-order valence-corrected chi connectivity index (χ0v) is 19.0. The van der Waals surface area contributed by atoms with Gasteiger partial charge in [0.05, 0.1) is 23.8 Å². The van der Waals surface area contributed by atoms with Crippen LogP contribution >= 0.6 is 0 Å². The van der Waals surface area contributed by atoms with E-state index in [1.54, 1.807) is 0 Å². The maximum atomic E-state index is 4.88. The van der Waals surface area contributed by atoms with Crippen molar-refractivity contribution in [3.63, 3.8) is 0 Å².